The van der Waals surface area contributed by atoms with Gasteiger partial charge in [-0.05, 0) is 50.5 Å². The molecule has 0 heterocycles. The predicted molar refractivity (Wildman–Crippen MR) is 79.5 cm³/mol. The van der Waals surface area contributed by atoms with Gasteiger partial charge in [-0.2, -0.15) is 4.31 Å². The molecular formula is C14H24N2O2S. The fourth-order valence-electron chi connectivity index (χ4n) is 1.89. The van der Waals surface area contributed by atoms with E-state index in [1.807, 2.05) is 34.6 Å². The van der Waals surface area contributed by atoms with Crippen molar-refractivity contribution in [3.63, 3.8) is 0 Å². The molecule has 0 spiro atoms. The van der Waals surface area contributed by atoms with Crippen molar-refractivity contribution in [2.24, 2.45) is 5.92 Å². The molecule has 4 nitrogen and oxygen atoms in total. The van der Waals surface area contributed by atoms with Crippen molar-refractivity contribution in [2.75, 3.05) is 12.3 Å². The second kappa shape index (κ2) is 5.92. The Morgan fingerprint density at radius 3 is 2.21 bits per heavy atom. The number of nitrogens with two attached hydrogens (primary N) is 1. The molecule has 5 heteroatoms. The first-order valence-corrected chi connectivity index (χ1v) is 7.98. The molecule has 1 aromatic rings. The van der Waals surface area contributed by atoms with Crippen LogP contribution in [0.1, 0.15) is 33.3 Å². The first-order chi connectivity index (χ1) is 8.66. The Bertz CT molecular complexity index is 536. The van der Waals surface area contributed by atoms with Gasteiger partial charge in [0, 0.05) is 18.3 Å². The van der Waals surface area contributed by atoms with E-state index in [-0.39, 0.29) is 12.0 Å². The van der Waals surface area contributed by atoms with Crippen LogP contribution in [0.4, 0.5) is 5.69 Å². The Kier molecular flexibility index (Phi) is 4.98. The maximum absolute atomic E-state index is 12.7. The van der Waals surface area contributed by atoms with Crippen LogP contribution in [0.15, 0.2) is 23.1 Å². The van der Waals surface area contributed by atoms with E-state index in [0.717, 1.165) is 5.56 Å². The summed E-state index contributed by atoms with van der Waals surface area (Å²) in [6, 6.07) is 4.80. The normalized spacial score (nSPS) is 12.6. The molecule has 0 aromatic heterocycles. The minimum absolute atomic E-state index is 0.0646. The summed E-state index contributed by atoms with van der Waals surface area (Å²) in [6.07, 6.45) is 0. The van der Waals surface area contributed by atoms with E-state index in [1.54, 1.807) is 22.5 Å². The van der Waals surface area contributed by atoms with Crippen LogP contribution >= 0.6 is 0 Å². The lowest BCUT2D eigenvalue weighted by Crippen LogP contribution is -2.39. The van der Waals surface area contributed by atoms with Crippen molar-refractivity contribution in [3.05, 3.63) is 23.8 Å². The first-order valence-electron chi connectivity index (χ1n) is 6.54. The van der Waals surface area contributed by atoms with Crippen LogP contribution in [0.3, 0.4) is 0 Å². The third-order valence-corrected chi connectivity index (χ3v) is 5.01. The van der Waals surface area contributed by atoms with E-state index in [1.165, 1.54) is 0 Å². The van der Waals surface area contributed by atoms with Gasteiger partial charge in [-0.3, -0.25) is 0 Å². The minimum atomic E-state index is -3.46. The monoisotopic (exact) mass is 284 g/mol. The SMILES string of the molecule is Cc1cc(S(=O)(=O)N(CC(C)C)C(C)C)ccc1N. The van der Waals surface area contributed by atoms with Gasteiger partial charge in [0.15, 0.2) is 0 Å². The van der Waals surface area contributed by atoms with E-state index in [0.29, 0.717) is 17.1 Å². The van der Waals surface area contributed by atoms with Crippen LogP contribution in [0.5, 0.6) is 0 Å². The average Bonchev–Trinajstić information content (AvgIpc) is 2.28. The van der Waals surface area contributed by atoms with Crippen LogP contribution in [-0.2, 0) is 10.0 Å². The van der Waals surface area contributed by atoms with Crippen LogP contribution in [0.2, 0.25) is 0 Å². The van der Waals surface area contributed by atoms with Crippen molar-refractivity contribution < 1.29 is 8.42 Å². The molecule has 1 rings (SSSR count). The summed E-state index contributed by atoms with van der Waals surface area (Å²) in [4.78, 5) is 0.313. The van der Waals surface area contributed by atoms with Crippen molar-refractivity contribution in [3.8, 4) is 0 Å². The fraction of sp³-hybridized carbons (Fsp3) is 0.571. The molecule has 108 valence electrons. The van der Waals surface area contributed by atoms with Gasteiger partial charge < -0.3 is 5.73 Å². The lowest BCUT2D eigenvalue weighted by Gasteiger charge is -2.27. The van der Waals surface area contributed by atoms with Gasteiger partial charge in [0.1, 0.15) is 0 Å². The highest BCUT2D eigenvalue weighted by Crippen LogP contribution is 2.23. The van der Waals surface area contributed by atoms with E-state index in [9.17, 15) is 8.42 Å². The molecule has 0 fully saturated rings. The van der Waals surface area contributed by atoms with Crippen LogP contribution < -0.4 is 5.73 Å². The number of nitrogens with zero attached hydrogens (tertiary/aromatic N) is 1. The molecule has 2 N–H and O–H groups in total. The summed E-state index contributed by atoms with van der Waals surface area (Å²) in [5, 5.41) is 0. The molecule has 0 bridgehead atoms. The third kappa shape index (κ3) is 3.70. The van der Waals surface area contributed by atoms with Gasteiger partial charge in [0.25, 0.3) is 0 Å². The summed E-state index contributed by atoms with van der Waals surface area (Å²) in [6.45, 7) is 10.1. The van der Waals surface area contributed by atoms with Gasteiger partial charge in [0.2, 0.25) is 10.0 Å². The zero-order valence-electron chi connectivity index (χ0n) is 12.3. The summed E-state index contributed by atoms with van der Waals surface area (Å²) in [5.41, 5.74) is 7.14. The second-order valence-electron chi connectivity index (χ2n) is 5.58. The number of anilines is 1. The van der Waals surface area contributed by atoms with Gasteiger partial charge in [-0.1, -0.05) is 13.8 Å². The smallest absolute Gasteiger partial charge is 0.243 e. The number of benzene rings is 1. The van der Waals surface area contributed by atoms with Crippen molar-refractivity contribution in [2.45, 2.75) is 45.6 Å². The topological polar surface area (TPSA) is 63.4 Å². The lowest BCUT2D eigenvalue weighted by atomic mass is 10.2. The number of aryl methyl sites for hydroxylation is 1. The number of nitrogen functional groups attached to an aromatic ring is 1. The summed E-state index contributed by atoms with van der Waals surface area (Å²) in [5.74, 6) is 0.284. The highest BCUT2D eigenvalue weighted by Gasteiger charge is 2.27. The number of sulfonamides is 1. The van der Waals surface area contributed by atoms with Gasteiger partial charge in [-0.15, -0.1) is 0 Å². The fourth-order valence-corrected chi connectivity index (χ4v) is 3.78. The molecular weight excluding hydrogens is 260 g/mol. The largest absolute Gasteiger partial charge is 0.399 e. The second-order valence-corrected chi connectivity index (χ2v) is 7.47. The Balaban J connectivity index is 3.22. The molecule has 0 amide bonds. The van der Waals surface area contributed by atoms with E-state index in [2.05, 4.69) is 0 Å². The van der Waals surface area contributed by atoms with Crippen molar-refractivity contribution >= 4 is 15.7 Å². The van der Waals surface area contributed by atoms with Crippen LogP contribution in [0.25, 0.3) is 0 Å². The summed E-state index contributed by atoms with van der Waals surface area (Å²) in [7, 11) is -3.46. The molecule has 0 aliphatic heterocycles. The highest BCUT2D eigenvalue weighted by molar-refractivity contribution is 7.89. The molecule has 0 atom stereocenters. The van der Waals surface area contributed by atoms with Crippen LogP contribution in [0, 0.1) is 12.8 Å². The minimum Gasteiger partial charge on any atom is -0.399 e. The van der Waals surface area contributed by atoms with E-state index < -0.39 is 10.0 Å². The van der Waals surface area contributed by atoms with E-state index >= 15 is 0 Å². The molecule has 0 saturated carbocycles. The van der Waals surface area contributed by atoms with E-state index in [4.69, 9.17) is 5.73 Å². The molecule has 0 saturated heterocycles. The molecule has 0 unspecified atom stereocenters. The van der Waals surface area contributed by atoms with Gasteiger partial charge in [0.05, 0.1) is 4.90 Å². The van der Waals surface area contributed by atoms with Crippen molar-refractivity contribution in [1.82, 2.24) is 4.31 Å². The maximum atomic E-state index is 12.7. The Labute approximate surface area is 116 Å². The predicted octanol–water partition coefficient (Wildman–Crippen LogP) is 2.63. The molecule has 0 aliphatic carbocycles. The Morgan fingerprint density at radius 1 is 1.21 bits per heavy atom. The zero-order chi connectivity index (χ0) is 14.8. The molecule has 1 aromatic carbocycles. The lowest BCUT2D eigenvalue weighted by molar-refractivity contribution is 0.319. The maximum Gasteiger partial charge on any atom is 0.243 e. The quantitative estimate of drug-likeness (QED) is 0.845. The van der Waals surface area contributed by atoms with Crippen molar-refractivity contribution in [1.29, 1.82) is 0 Å². The molecule has 19 heavy (non-hydrogen) atoms. The molecule has 0 radical (unpaired) electrons. The Morgan fingerprint density at radius 2 is 1.79 bits per heavy atom. The summed E-state index contributed by atoms with van der Waals surface area (Å²) >= 11 is 0. The Hall–Kier alpha value is -1.07. The average molecular weight is 284 g/mol. The number of hydrogen-bond donors (Lipinski definition) is 1. The number of rotatable bonds is 5. The third-order valence-electron chi connectivity index (χ3n) is 2.97. The van der Waals surface area contributed by atoms with Crippen LogP contribution in [-0.4, -0.2) is 25.3 Å². The standard InChI is InChI=1S/C14H24N2O2S/c1-10(2)9-16(11(3)4)19(17,18)13-6-7-14(15)12(5)8-13/h6-8,10-11H,9,15H2,1-5H3. The van der Waals surface area contributed by atoms with Gasteiger partial charge in [-0.25, -0.2) is 8.42 Å². The molecule has 0 aliphatic rings. The number of hydrogen-bond acceptors (Lipinski definition) is 3. The first kappa shape index (κ1) is 16.0. The summed E-state index contributed by atoms with van der Waals surface area (Å²) < 4.78 is 26.9. The van der Waals surface area contributed by atoms with Gasteiger partial charge >= 0.3 is 0 Å². The zero-order valence-corrected chi connectivity index (χ0v) is 13.2. The highest BCUT2D eigenvalue weighted by atomic mass is 32.2.